The van der Waals surface area contributed by atoms with E-state index in [-0.39, 0.29) is 23.3 Å². The molecule has 0 N–H and O–H groups in total. The van der Waals surface area contributed by atoms with E-state index in [9.17, 15) is 14.9 Å². The topological polar surface area (TPSA) is 96.5 Å². The van der Waals surface area contributed by atoms with E-state index >= 15 is 0 Å². The van der Waals surface area contributed by atoms with Gasteiger partial charge in [-0.25, -0.2) is 0 Å². The van der Waals surface area contributed by atoms with Crippen molar-refractivity contribution >= 4 is 11.7 Å². The van der Waals surface area contributed by atoms with E-state index in [1.165, 1.54) is 6.07 Å². The summed E-state index contributed by atoms with van der Waals surface area (Å²) in [4.78, 5) is 24.8. The molecule has 1 fully saturated rings. The summed E-state index contributed by atoms with van der Waals surface area (Å²) in [5, 5.41) is 20.1. The van der Waals surface area contributed by atoms with Gasteiger partial charge in [-0.1, -0.05) is 6.42 Å². The second-order valence-electron chi connectivity index (χ2n) is 5.45. The molecule has 0 aromatic heterocycles. The molecule has 1 aliphatic rings. The van der Waals surface area contributed by atoms with Crippen molar-refractivity contribution in [2.45, 2.75) is 38.8 Å². The first-order chi connectivity index (χ1) is 11.1. The number of esters is 1. The summed E-state index contributed by atoms with van der Waals surface area (Å²) < 4.78 is 5.11. The first-order valence-corrected chi connectivity index (χ1v) is 7.65. The third-order valence-electron chi connectivity index (χ3n) is 3.96. The molecule has 23 heavy (non-hydrogen) atoms. The highest BCUT2D eigenvalue weighted by atomic mass is 16.6. The van der Waals surface area contributed by atoms with Gasteiger partial charge in [0.05, 0.1) is 23.2 Å². The molecule has 7 heteroatoms. The van der Waals surface area contributed by atoms with Gasteiger partial charge in [-0.15, -0.1) is 0 Å². The van der Waals surface area contributed by atoms with E-state index in [4.69, 9.17) is 10.00 Å². The lowest BCUT2D eigenvalue weighted by Crippen LogP contribution is -2.45. The maximum Gasteiger partial charge on any atom is 0.323 e. The second-order valence-corrected chi connectivity index (χ2v) is 5.45. The van der Waals surface area contributed by atoms with Gasteiger partial charge in [-0.05, 0) is 38.4 Å². The quantitative estimate of drug-likeness (QED) is 0.470. The number of nitriles is 1. The van der Waals surface area contributed by atoms with Gasteiger partial charge in [-0.3, -0.25) is 19.8 Å². The molecule has 0 spiro atoms. The predicted octanol–water partition coefficient (Wildman–Crippen LogP) is 2.38. The molecule has 1 saturated heterocycles. The van der Waals surface area contributed by atoms with E-state index in [1.54, 1.807) is 19.1 Å². The van der Waals surface area contributed by atoms with Crippen LogP contribution >= 0.6 is 0 Å². The number of hydrogen-bond donors (Lipinski definition) is 0. The largest absolute Gasteiger partial charge is 0.465 e. The van der Waals surface area contributed by atoms with Crippen LogP contribution in [0.25, 0.3) is 0 Å². The van der Waals surface area contributed by atoms with Crippen LogP contribution in [0.4, 0.5) is 5.69 Å². The van der Waals surface area contributed by atoms with Crippen LogP contribution in [0.2, 0.25) is 0 Å². The number of hydrogen-bond acceptors (Lipinski definition) is 6. The zero-order valence-corrected chi connectivity index (χ0v) is 13.0. The monoisotopic (exact) mass is 317 g/mol. The Bertz CT molecular complexity index is 639. The van der Waals surface area contributed by atoms with E-state index in [2.05, 4.69) is 0 Å². The Morgan fingerprint density at radius 2 is 2.30 bits per heavy atom. The van der Waals surface area contributed by atoms with Gasteiger partial charge >= 0.3 is 5.97 Å². The molecule has 0 aliphatic carbocycles. The summed E-state index contributed by atoms with van der Waals surface area (Å²) in [5.74, 6) is -0.275. The van der Waals surface area contributed by atoms with E-state index in [1.807, 2.05) is 11.0 Å². The first kappa shape index (κ1) is 16.9. The third kappa shape index (κ3) is 4.05. The van der Waals surface area contributed by atoms with Crippen LogP contribution < -0.4 is 0 Å². The van der Waals surface area contributed by atoms with Gasteiger partial charge in [-0.2, -0.15) is 5.26 Å². The minimum Gasteiger partial charge on any atom is -0.465 e. The number of rotatable bonds is 5. The van der Waals surface area contributed by atoms with Crippen LogP contribution in [-0.2, 0) is 16.1 Å². The molecule has 1 unspecified atom stereocenters. The van der Waals surface area contributed by atoms with Crippen LogP contribution in [-0.4, -0.2) is 35.0 Å². The van der Waals surface area contributed by atoms with Crippen molar-refractivity contribution < 1.29 is 14.5 Å². The van der Waals surface area contributed by atoms with Crippen molar-refractivity contribution in [3.8, 4) is 6.07 Å². The van der Waals surface area contributed by atoms with E-state index < -0.39 is 4.92 Å². The number of nitrogens with zero attached hydrogens (tertiary/aromatic N) is 3. The molecule has 1 aromatic carbocycles. The van der Waals surface area contributed by atoms with Crippen LogP contribution in [0.15, 0.2) is 18.2 Å². The van der Waals surface area contributed by atoms with Crippen molar-refractivity contribution in [3.63, 3.8) is 0 Å². The number of carbonyl (C=O) groups excluding carboxylic acids is 1. The number of likely N-dealkylation sites (tertiary alicyclic amines) is 1. The average Bonchev–Trinajstić information content (AvgIpc) is 2.55. The molecule has 0 radical (unpaired) electrons. The summed E-state index contributed by atoms with van der Waals surface area (Å²) in [6.07, 6.45) is 2.58. The zero-order valence-electron chi connectivity index (χ0n) is 13.0. The smallest absolute Gasteiger partial charge is 0.323 e. The van der Waals surface area contributed by atoms with Crippen molar-refractivity contribution in [2.24, 2.45) is 0 Å². The molecular weight excluding hydrogens is 298 g/mol. The standard InChI is InChI=1S/C16H19N3O4/c1-2-23-16(20)14-5-3-4-8-18(14)11-13-7-6-12(10-17)9-15(13)19(21)22/h6-7,9,14H,2-5,8,11H2,1H3. The lowest BCUT2D eigenvalue weighted by molar-refractivity contribution is -0.385. The van der Waals surface area contributed by atoms with Gasteiger partial charge in [0.15, 0.2) is 0 Å². The Kier molecular flexibility index (Phi) is 5.66. The molecule has 0 saturated carbocycles. The lowest BCUT2D eigenvalue weighted by atomic mass is 10.0. The summed E-state index contributed by atoms with van der Waals surface area (Å²) in [6, 6.07) is 5.97. The van der Waals surface area contributed by atoms with Crippen molar-refractivity contribution in [1.29, 1.82) is 5.26 Å². The van der Waals surface area contributed by atoms with Crippen molar-refractivity contribution in [2.75, 3.05) is 13.2 Å². The molecule has 122 valence electrons. The molecule has 1 aromatic rings. The normalized spacial score (nSPS) is 18.2. The number of carbonyl (C=O) groups is 1. The average molecular weight is 317 g/mol. The van der Waals surface area contributed by atoms with Crippen LogP contribution in [0.5, 0.6) is 0 Å². The number of ether oxygens (including phenoxy) is 1. The molecule has 1 heterocycles. The Hall–Kier alpha value is -2.46. The van der Waals surface area contributed by atoms with Gasteiger partial charge in [0, 0.05) is 18.2 Å². The molecule has 0 bridgehead atoms. The number of nitro groups is 1. The highest BCUT2D eigenvalue weighted by molar-refractivity contribution is 5.75. The molecule has 1 atom stereocenters. The summed E-state index contributed by atoms with van der Waals surface area (Å²) in [6.45, 7) is 3.07. The predicted molar refractivity (Wildman–Crippen MR) is 82.5 cm³/mol. The summed E-state index contributed by atoms with van der Waals surface area (Å²) in [7, 11) is 0. The third-order valence-corrected chi connectivity index (χ3v) is 3.96. The number of benzene rings is 1. The zero-order chi connectivity index (χ0) is 16.8. The molecule has 7 nitrogen and oxygen atoms in total. The molecular formula is C16H19N3O4. The summed E-state index contributed by atoms with van der Waals surface area (Å²) in [5.41, 5.74) is 0.670. The number of piperidine rings is 1. The maximum absolute atomic E-state index is 12.1. The Morgan fingerprint density at radius 3 is 2.96 bits per heavy atom. The highest BCUT2D eigenvalue weighted by Crippen LogP contribution is 2.26. The molecule has 0 amide bonds. The second kappa shape index (κ2) is 7.70. The van der Waals surface area contributed by atoms with Gasteiger partial charge in [0.25, 0.3) is 5.69 Å². The van der Waals surface area contributed by atoms with Crippen molar-refractivity contribution in [3.05, 3.63) is 39.4 Å². The van der Waals surface area contributed by atoms with Gasteiger partial charge in [0.1, 0.15) is 6.04 Å². The van der Waals surface area contributed by atoms with Gasteiger partial charge < -0.3 is 4.74 Å². The van der Waals surface area contributed by atoms with Crippen LogP contribution in [0, 0.1) is 21.4 Å². The van der Waals surface area contributed by atoms with E-state index in [0.717, 1.165) is 12.8 Å². The minimum absolute atomic E-state index is 0.0859. The Morgan fingerprint density at radius 1 is 1.52 bits per heavy atom. The lowest BCUT2D eigenvalue weighted by Gasteiger charge is -2.33. The number of nitro benzene ring substituents is 1. The maximum atomic E-state index is 12.1. The minimum atomic E-state index is -0.487. The highest BCUT2D eigenvalue weighted by Gasteiger charge is 2.31. The van der Waals surface area contributed by atoms with Crippen molar-refractivity contribution in [1.82, 2.24) is 4.90 Å². The van der Waals surface area contributed by atoms with E-state index in [0.29, 0.717) is 31.7 Å². The molecule has 2 rings (SSSR count). The van der Waals surface area contributed by atoms with Crippen LogP contribution in [0.1, 0.15) is 37.3 Å². The fourth-order valence-electron chi connectivity index (χ4n) is 2.84. The van der Waals surface area contributed by atoms with Gasteiger partial charge in [0.2, 0.25) is 0 Å². The van der Waals surface area contributed by atoms with Crippen LogP contribution in [0.3, 0.4) is 0 Å². The Labute approximate surface area is 134 Å². The fraction of sp³-hybridized carbons (Fsp3) is 0.500. The fourth-order valence-corrected chi connectivity index (χ4v) is 2.84. The molecule has 1 aliphatic heterocycles. The Balaban J connectivity index is 2.24. The first-order valence-electron chi connectivity index (χ1n) is 7.65. The summed E-state index contributed by atoms with van der Waals surface area (Å²) >= 11 is 0. The SMILES string of the molecule is CCOC(=O)C1CCCCN1Cc1ccc(C#N)cc1[N+](=O)[O-].